The highest BCUT2D eigenvalue weighted by Gasteiger charge is 2.18. The standard InChI is InChI=1S/C27H31N5O3/c1-18(2)26(33)31-27(34)30-25-9-8-23(17-29-25)35-22-10-13-28-24(16-22)21-6-4-19(5-7-21)20-11-14-32(3)15-12-20/h4-10,13,16-18,20H,11-12,14-15H2,1-3H3,(H2,29,30,31,33,34). The molecule has 1 fully saturated rings. The van der Waals surface area contributed by atoms with Gasteiger partial charge in [0.1, 0.15) is 17.3 Å². The number of pyridine rings is 2. The van der Waals surface area contributed by atoms with Crippen molar-refractivity contribution in [3.63, 3.8) is 0 Å². The maximum Gasteiger partial charge on any atom is 0.327 e. The number of hydrogen-bond acceptors (Lipinski definition) is 6. The van der Waals surface area contributed by atoms with E-state index in [4.69, 9.17) is 4.74 Å². The van der Waals surface area contributed by atoms with Gasteiger partial charge < -0.3 is 9.64 Å². The third-order valence-electron chi connectivity index (χ3n) is 6.10. The van der Waals surface area contributed by atoms with E-state index in [-0.39, 0.29) is 11.8 Å². The van der Waals surface area contributed by atoms with Gasteiger partial charge in [0.15, 0.2) is 0 Å². The number of carbonyl (C=O) groups excluding carboxylic acids is 2. The van der Waals surface area contributed by atoms with Crippen molar-refractivity contribution in [3.05, 3.63) is 66.5 Å². The van der Waals surface area contributed by atoms with Gasteiger partial charge in [-0.3, -0.25) is 20.4 Å². The van der Waals surface area contributed by atoms with E-state index in [0.717, 1.165) is 24.3 Å². The van der Waals surface area contributed by atoms with Gasteiger partial charge in [0.05, 0.1) is 11.9 Å². The Kier molecular flexibility index (Phi) is 7.72. The molecule has 2 N–H and O–H groups in total. The number of piperidine rings is 1. The number of hydrogen-bond donors (Lipinski definition) is 2. The lowest BCUT2D eigenvalue weighted by molar-refractivity contribution is -0.122. The van der Waals surface area contributed by atoms with Crippen molar-refractivity contribution in [1.82, 2.24) is 20.2 Å². The van der Waals surface area contributed by atoms with Crippen LogP contribution in [0.5, 0.6) is 11.5 Å². The lowest BCUT2D eigenvalue weighted by atomic mass is 9.89. The summed E-state index contributed by atoms with van der Waals surface area (Å²) in [5, 5.41) is 4.79. The van der Waals surface area contributed by atoms with E-state index in [1.807, 2.05) is 6.07 Å². The van der Waals surface area contributed by atoms with E-state index in [2.05, 4.69) is 56.8 Å². The Morgan fingerprint density at radius 3 is 2.40 bits per heavy atom. The van der Waals surface area contributed by atoms with Crippen molar-refractivity contribution in [2.75, 3.05) is 25.5 Å². The molecule has 182 valence electrons. The summed E-state index contributed by atoms with van der Waals surface area (Å²) in [5.41, 5.74) is 3.25. The van der Waals surface area contributed by atoms with Gasteiger partial charge in [-0.15, -0.1) is 0 Å². The van der Waals surface area contributed by atoms with Crippen molar-refractivity contribution in [2.24, 2.45) is 5.92 Å². The van der Waals surface area contributed by atoms with Crippen molar-refractivity contribution < 1.29 is 14.3 Å². The molecule has 1 aliphatic heterocycles. The Labute approximate surface area is 205 Å². The zero-order chi connectivity index (χ0) is 24.8. The summed E-state index contributed by atoms with van der Waals surface area (Å²) in [6.07, 6.45) is 5.62. The van der Waals surface area contributed by atoms with Gasteiger partial charge in [-0.05, 0) is 62.7 Å². The molecule has 1 aliphatic rings. The molecule has 0 atom stereocenters. The topological polar surface area (TPSA) is 96.5 Å². The fourth-order valence-electron chi connectivity index (χ4n) is 3.95. The third kappa shape index (κ3) is 6.64. The number of likely N-dealkylation sites (tertiary alicyclic amines) is 1. The first-order valence-electron chi connectivity index (χ1n) is 11.9. The van der Waals surface area contributed by atoms with E-state index in [0.29, 0.717) is 23.2 Å². The second kappa shape index (κ2) is 11.1. The van der Waals surface area contributed by atoms with Gasteiger partial charge in [-0.2, -0.15) is 0 Å². The van der Waals surface area contributed by atoms with Gasteiger partial charge in [-0.1, -0.05) is 38.1 Å². The summed E-state index contributed by atoms with van der Waals surface area (Å²) >= 11 is 0. The molecule has 3 amide bonds. The number of urea groups is 1. The molecular formula is C27H31N5O3. The fourth-order valence-corrected chi connectivity index (χ4v) is 3.95. The van der Waals surface area contributed by atoms with Crippen molar-refractivity contribution in [1.29, 1.82) is 0 Å². The van der Waals surface area contributed by atoms with E-state index in [9.17, 15) is 9.59 Å². The number of ether oxygens (including phenoxy) is 1. The average Bonchev–Trinajstić information content (AvgIpc) is 2.86. The van der Waals surface area contributed by atoms with Crippen LogP contribution in [0.1, 0.15) is 38.2 Å². The monoisotopic (exact) mass is 473 g/mol. The highest BCUT2D eigenvalue weighted by Crippen LogP contribution is 2.30. The van der Waals surface area contributed by atoms with Crippen LogP contribution in [-0.2, 0) is 4.79 Å². The lowest BCUT2D eigenvalue weighted by Crippen LogP contribution is -2.37. The molecule has 0 saturated carbocycles. The zero-order valence-electron chi connectivity index (χ0n) is 20.3. The molecule has 8 nitrogen and oxygen atoms in total. The summed E-state index contributed by atoms with van der Waals surface area (Å²) in [6.45, 7) is 5.71. The predicted molar refractivity (Wildman–Crippen MR) is 135 cm³/mol. The van der Waals surface area contributed by atoms with Crippen LogP contribution in [-0.4, -0.2) is 46.9 Å². The van der Waals surface area contributed by atoms with Gasteiger partial charge in [0, 0.05) is 23.7 Å². The summed E-state index contributed by atoms with van der Waals surface area (Å²) in [7, 11) is 2.18. The first kappa shape index (κ1) is 24.3. The lowest BCUT2D eigenvalue weighted by Gasteiger charge is -2.29. The molecule has 1 aromatic carbocycles. The molecule has 35 heavy (non-hydrogen) atoms. The molecule has 0 unspecified atom stereocenters. The smallest absolute Gasteiger partial charge is 0.327 e. The zero-order valence-corrected chi connectivity index (χ0v) is 20.3. The van der Waals surface area contributed by atoms with Crippen molar-refractivity contribution in [2.45, 2.75) is 32.6 Å². The highest BCUT2D eigenvalue weighted by atomic mass is 16.5. The molecule has 2 aromatic heterocycles. The number of imide groups is 1. The number of rotatable bonds is 6. The largest absolute Gasteiger partial charge is 0.456 e. The molecule has 4 rings (SSSR count). The van der Waals surface area contributed by atoms with E-state index in [1.54, 1.807) is 38.2 Å². The van der Waals surface area contributed by atoms with Crippen LogP contribution in [0.25, 0.3) is 11.3 Å². The van der Waals surface area contributed by atoms with E-state index >= 15 is 0 Å². The Bertz CT molecular complexity index is 1150. The van der Waals surface area contributed by atoms with Gasteiger partial charge >= 0.3 is 6.03 Å². The Morgan fingerprint density at radius 2 is 1.74 bits per heavy atom. The number of anilines is 1. The first-order valence-corrected chi connectivity index (χ1v) is 11.9. The second-order valence-electron chi connectivity index (χ2n) is 9.16. The Morgan fingerprint density at radius 1 is 1.00 bits per heavy atom. The minimum Gasteiger partial charge on any atom is -0.456 e. The molecule has 3 heterocycles. The van der Waals surface area contributed by atoms with Crippen LogP contribution in [0.2, 0.25) is 0 Å². The molecule has 3 aromatic rings. The minimum absolute atomic E-state index is 0.285. The number of amides is 3. The predicted octanol–water partition coefficient (Wildman–Crippen LogP) is 5.05. The van der Waals surface area contributed by atoms with Crippen molar-refractivity contribution in [3.8, 4) is 22.8 Å². The number of carbonyl (C=O) groups is 2. The average molecular weight is 474 g/mol. The van der Waals surface area contributed by atoms with E-state index in [1.165, 1.54) is 24.6 Å². The second-order valence-corrected chi connectivity index (χ2v) is 9.16. The molecule has 8 heteroatoms. The number of benzene rings is 1. The Hall–Kier alpha value is -3.78. The number of nitrogens with one attached hydrogen (secondary N) is 2. The highest BCUT2D eigenvalue weighted by molar-refractivity contribution is 6.01. The quantitative estimate of drug-likeness (QED) is 0.520. The minimum atomic E-state index is -0.620. The SMILES string of the molecule is CC(C)C(=O)NC(=O)Nc1ccc(Oc2ccnc(-c3ccc(C4CCN(C)CC4)cc3)c2)cn1. The summed E-state index contributed by atoms with van der Waals surface area (Å²) in [5.74, 6) is 1.45. The molecule has 0 radical (unpaired) electrons. The van der Waals surface area contributed by atoms with Crippen LogP contribution in [0.15, 0.2) is 60.9 Å². The van der Waals surface area contributed by atoms with Crippen molar-refractivity contribution >= 4 is 17.8 Å². The summed E-state index contributed by atoms with van der Waals surface area (Å²) in [6, 6.07) is 15.0. The number of nitrogens with zero attached hydrogens (tertiary/aromatic N) is 3. The molecular weight excluding hydrogens is 442 g/mol. The molecule has 0 spiro atoms. The van der Waals surface area contributed by atoms with Crippen LogP contribution in [0, 0.1) is 5.92 Å². The molecule has 0 bridgehead atoms. The third-order valence-corrected chi connectivity index (χ3v) is 6.10. The van der Waals surface area contributed by atoms with Crippen LogP contribution in [0.4, 0.5) is 10.6 Å². The maximum absolute atomic E-state index is 11.9. The van der Waals surface area contributed by atoms with Crippen LogP contribution >= 0.6 is 0 Å². The van der Waals surface area contributed by atoms with Crippen LogP contribution < -0.4 is 15.4 Å². The fraction of sp³-hybridized carbons (Fsp3) is 0.333. The van der Waals surface area contributed by atoms with Gasteiger partial charge in [-0.25, -0.2) is 9.78 Å². The summed E-state index contributed by atoms with van der Waals surface area (Å²) in [4.78, 5) is 34.6. The van der Waals surface area contributed by atoms with Gasteiger partial charge in [0.25, 0.3) is 0 Å². The molecule has 1 saturated heterocycles. The number of aromatic nitrogens is 2. The normalized spacial score (nSPS) is 14.5. The van der Waals surface area contributed by atoms with E-state index < -0.39 is 6.03 Å². The van der Waals surface area contributed by atoms with Gasteiger partial charge in [0.2, 0.25) is 5.91 Å². The molecule has 0 aliphatic carbocycles. The van der Waals surface area contributed by atoms with Crippen LogP contribution in [0.3, 0.4) is 0 Å². The maximum atomic E-state index is 11.9. The Balaban J connectivity index is 1.37. The first-order chi connectivity index (χ1) is 16.9. The summed E-state index contributed by atoms with van der Waals surface area (Å²) < 4.78 is 5.94.